The molecule has 1 N–H and O–H groups in total. The van der Waals surface area contributed by atoms with Crippen molar-refractivity contribution in [3.8, 4) is 0 Å². The number of benzene rings is 1. The average molecular weight is 499 g/mol. The fraction of sp³-hybridized carbons (Fsp3) is 0.636. The molecule has 0 unspecified atom stereocenters. The molecule has 0 aromatic heterocycles. The van der Waals surface area contributed by atoms with E-state index in [4.69, 9.17) is 4.74 Å². The second-order valence-corrected chi connectivity index (χ2v) is 9.12. The topological polar surface area (TPSA) is 66.8 Å². The van der Waals surface area contributed by atoms with E-state index in [-0.39, 0.29) is 12.5 Å². The maximum atomic E-state index is 12.9. The maximum absolute atomic E-state index is 12.9. The third-order valence-corrected chi connectivity index (χ3v) is 7.65. The number of amides is 1. The highest BCUT2D eigenvalue weighted by molar-refractivity contribution is 14.1. The summed E-state index contributed by atoms with van der Waals surface area (Å²) in [7, 11) is 0. The van der Waals surface area contributed by atoms with E-state index in [2.05, 4.69) is 22.6 Å². The molecular formula is C22H30INO4. The quantitative estimate of drug-likeness (QED) is 0.492. The van der Waals surface area contributed by atoms with Crippen molar-refractivity contribution in [3.05, 3.63) is 31.4 Å². The number of hydrogen-bond acceptors (Lipinski definition) is 4. The lowest BCUT2D eigenvalue weighted by Crippen LogP contribution is -2.40. The molecule has 154 valence electrons. The van der Waals surface area contributed by atoms with E-state index in [1.165, 1.54) is 37.7 Å². The SMILES string of the molecule is CCOC(=O)[C@@H](O)c1c(C)c2c(c(C)c1I)CN(CC1CCCCC1)C(=O)C2. The second kappa shape index (κ2) is 9.11. The summed E-state index contributed by atoms with van der Waals surface area (Å²) in [5.74, 6) is 0.131. The van der Waals surface area contributed by atoms with Crippen LogP contribution in [0.4, 0.5) is 0 Å². The first-order chi connectivity index (χ1) is 13.3. The summed E-state index contributed by atoms with van der Waals surface area (Å²) in [5.41, 5.74) is 4.64. The van der Waals surface area contributed by atoms with Crippen LogP contribution >= 0.6 is 22.6 Å². The van der Waals surface area contributed by atoms with Crippen LogP contribution in [-0.4, -0.2) is 35.0 Å². The smallest absolute Gasteiger partial charge is 0.339 e. The number of nitrogens with zero attached hydrogens (tertiary/aromatic N) is 1. The third-order valence-electron chi connectivity index (χ3n) is 6.26. The lowest BCUT2D eigenvalue weighted by atomic mass is 9.85. The summed E-state index contributed by atoms with van der Waals surface area (Å²) in [6.07, 6.45) is 5.33. The molecule has 1 aromatic rings. The van der Waals surface area contributed by atoms with E-state index in [1.54, 1.807) is 6.92 Å². The zero-order valence-electron chi connectivity index (χ0n) is 17.0. The molecule has 1 aliphatic heterocycles. The second-order valence-electron chi connectivity index (χ2n) is 8.04. The van der Waals surface area contributed by atoms with Crippen molar-refractivity contribution >= 4 is 34.5 Å². The largest absolute Gasteiger partial charge is 0.464 e. The number of aliphatic hydroxyl groups is 1. The number of carbonyl (C=O) groups excluding carboxylic acids is 2. The fourth-order valence-corrected chi connectivity index (χ4v) is 5.65. The molecule has 28 heavy (non-hydrogen) atoms. The summed E-state index contributed by atoms with van der Waals surface area (Å²) in [4.78, 5) is 27.0. The Morgan fingerprint density at radius 3 is 2.54 bits per heavy atom. The van der Waals surface area contributed by atoms with Gasteiger partial charge in [0.25, 0.3) is 0 Å². The van der Waals surface area contributed by atoms with Gasteiger partial charge in [-0.1, -0.05) is 19.3 Å². The molecule has 1 heterocycles. The van der Waals surface area contributed by atoms with Gasteiger partial charge in [-0.15, -0.1) is 0 Å². The van der Waals surface area contributed by atoms with Crippen LogP contribution in [0.15, 0.2) is 0 Å². The molecule has 5 nitrogen and oxygen atoms in total. The number of aliphatic hydroxyl groups excluding tert-OH is 1. The molecule has 0 radical (unpaired) electrons. The summed E-state index contributed by atoms with van der Waals surface area (Å²) in [5, 5.41) is 10.6. The average Bonchev–Trinajstić information content (AvgIpc) is 2.68. The number of esters is 1. The first kappa shape index (κ1) is 21.6. The Kier molecular flexibility index (Phi) is 7.02. The molecule has 1 aromatic carbocycles. The van der Waals surface area contributed by atoms with E-state index in [0.717, 1.165) is 26.8 Å². The normalized spacial score (nSPS) is 18.8. The van der Waals surface area contributed by atoms with Crippen molar-refractivity contribution in [2.24, 2.45) is 5.92 Å². The van der Waals surface area contributed by atoms with Gasteiger partial charge in [-0.25, -0.2) is 4.79 Å². The zero-order valence-corrected chi connectivity index (χ0v) is 19.2. The molecule has 1 saturated carbocycles. The molecule has 1 amide bonds. The van der Waals surface area contributed by atoms with Crippen LogP contribution in [-0.2, 0) is 27.3 Å². The Morgan fingerprint density at radius 1 is 1.21 bits per heavy atom. The molecule has 0 saturated heterocycles. The minimum absolute atomic E-state index is 0.151. The van der Waals surface area contributed by atoms with Gasteiger partial charge in [-0.05, 0) is 84.4 Å². The maximum Gasteiger partial charge on any atom is 0.339 e. The van der Waals surface area contributed by atoms with Gasteiger partial charge in [0.05, 0.1) is 13.0 Å². The molecule has 1 aliphatic carbocycles. The Balaban J connectivity index is 1.91. The molecular weight excluding hydrogens is 469 g/mol. The van der Waals surface area contributed by atoms with Crippen LogP contribution in [0.3, 0.4) is 0 Å². The van der Waals surface area contributed by atoms with Crippen molar-refractivity contribution in [1.82, 2.24) is 4.90 Å². The van der Waals surface area contributed by atoms with Crippen molar-refractivity contribution in [2.45, 2.75) is 71.9 Å². The molecule has 0 spiro atoms. The highest BCUT2D eigenvalue weighted by Gasteiger charge is 2.33. The number of ether oxygens (including phenoxy) is 1. The van der Waals surface area contributed by atoms with Crippen molar-refractivity contribution < 1.29 is 19.4 Å². The number of hydrogen-bond donors (Lipinski definition) is 1. The van der Waals surface area contributed by atoms with Gasteiger partial charge >= 0.3 is 5.97 Å². The van der Waals surface area contributed by atoms with Crippen LogP contribution < -0.4 is 0 Å². The van der Waals surface area contributed by atoms with E-state index >= 15 is 0 Å². The Labute approximate surface area is 181 Å². The highest BCUT2D eigenvalue weighted by atomic mass is 127. The Morgan fingerprint density at radius 2 is 1.89 bits per heavy atom. The van der Waals surface area contributed by atoms with Crippen molar-refractivity contribution in [2.75, 3.05) is 13.2 Å². The van der Waals surface area contributed by atoms with Gasteiger partial charge in [0.1, 0.15) is 0 Å². The molecule has 0 bridgehead atoms. The first-order valence-electron chi connectivity index (χ1n) is 10.3. The highest BCUT2D eigenvalue weighted by Crippen LogP contribution is 2.37. The summed E-state index contributed by atoms with van der Waals surface area (Å²) in [6, 6.07) is 0. The minimum atomic E-state index is -1.31. The van der Waals surface area contributed by atoms with E-state index in [0.29, 0.717) is 24.4 Å². The summed E-state index contributed by atoms with van der Waals surface area (Å²) in [6.45, 7) is 7.35. The van der Waals surface area contributed by atoms with Gasteiger partial charge in [0.2, 0.25) is 5.91 Å². The van der Waals surface area contributed by atoms with E-state index in [1.807, 2.05) is 18.7 Å². The van der Waals surface area contributed by atoms with Gasteiger partial charge in [0, 0.05) is 22.2 Å². The molecule has 3 rings (SSSR count). The Hall–Kier alpha value is -1.15. The third kappa shape index (κ3) is 4.22. The van der Waals surface area contributed by atoms with Gasteiger partial charge < -0.3 is 14.7 Å². The summed E-state index contributed by atoms with van der Waals surface area (Å²) < 4.78 is 5.90. The fourth-order valence-electron chi connectivity index (χ4n) is 4.62. The van der Waals surface area contributed by atoms with Crippen LogP contribution in [0.5, 0.6) is 0 Å². The van der Waals surface area contributed by atoms with E-state index in [9.17, 15) is 14.7 Å². The van der Waals surface area contributed by atoms with Crippen LogP contribution in [0.1, 0.15) is 72.9 Å². The van der Waals surface area contributed by atoms with E-state index < -0.39 is 12.1 Å². The van der Waals surface area contributed by atoms with Crippen LogP contribution in [0.25, 0.3) is 0 Å². The minimum Gasteiger partial charge on any atom is -0.464 e. The standard InChI is InChI=1S/C22H30INO4/c1-4-28-22(27)21(26)19-13(2)16-10-18(25)24(11-15-8-6-5-7-9-15)12-17(16)14(3)20(19)23/h15,21,26H,4-12H2,1-3H3/t21-/m0/s1. The number of carbonyl (C=O) groups is 2. The number of fused-ring (bicyclic) bond motifs is 1. The number of halogens is 1. The molecule has 2 aliphatic rings. The molecule has 1 fully saturated rings. The summed E-state index contributed by atoms with van der Waals surface area (Å²) >= 11 is 2.21. The molecule has 1 atom stereocenters. The first-order valence-corrected chi connectivity index (χ1v) is 11.4. The lowest BCUT2D eigenvalue weighted by molar-refractivity contribution is -0.153. The molecule has 6 heteroatoms. The van der Waals surface area contributed by atoms with Crippen LogP contribution in [0.2, 0.25) is 0 Å². The Bertz CT molecular complexity index is 771. The zero-order chi connectivity index (χ0) is 20.4. The van der Waals surface area contributed by atoms with Crippen molar-refractivity contribution in [1.29, 1.82) is 0 Å². The lowest BCUT2D eigenvalue weighted by Gasteiger charge is -2.35. The monoisotopic (exact) mass is 499 g/mol. The van der Waals surface area contributed by atoms with Crippen LogP contribution in [0, 0.1) is 23.3 Å². The van der Waals surface area contributed by atoms with Gasteiger partial charge in [-0.2, -0.15) is 0 Å². The predicted octanol–water partition coefficient (Wildman–Crippen LogP) is 3.97. The number of rotatable bonds is 5. The van der Waals surface area contributed by atoms with Gasteiger partial charge in [-0.3, -0.25) is 4.79 Å². The van der Waals surface area contributed by atoms with Crippen molar-refractivity contribution in [3.63, 3.8) is 0 Å². The van der Waals surface area contributed by atoms with Gasteiger partial charge in [0.15, 0.2) is 6.10 Å². The predicted molar refractivity (Wildman–Crippen MR) is 116 cm³/mol.